The van der Waals surface area contributed by atoms with E-state index in [2.05, 4.69) is 10.6 Å². The van der Waals surface area contributed by atoms with E-state index in [0.29, 0.717) is 31.9 Å². The summed E-state index contributed by atoms with van der Waals surface area (Å²) in [5.74, 6) is -4.03. The van der Waals surface area contributed by atoms with Crippen molar-refractivity contribution in [2.45, 2.75) is 18.9 Å². The van der Waals surface area contributed by atoms with Crippen molar-refractivity contribution >= 4 is 23.5 Å². The van der Waals surface area contributed by atoms with Crippen LogP contribution in [0.25, 0.3) is 0 Å². The summed E-state index contributed by atoms with van der Waals surface area (Å²) < 4.78 is 32.3. The summed E-state index contributed by atoms with van der Waals surface area (Å²) in [6.45, 7) is 2.35. The molecule has 0 unspecified atom stereocenters. The van der Waals surface area contributed by atoms with Gasteiger partial charge in [0.25, 0.3) is 5.91 Å². The minimum absolute atomic E-state index is 0.0412. The lowest BCUT2D eigenvalue weighted by molar-refractivity contribution is -0.138. The van der Waals surface area contributed by atoms with E-state index < -0.39 is 41.6 Å². The molecule has 1 aromatic carbocycles. The number of hydrogen-bond acceptors (Lipinski definition) is 6. The normalized spacial score (nSPS) is 22.6. The maximum Gasteiger partial charge on any atom is 0.322 e. The predicted octanol–water partition coefficient (Wildman–Crippen LogP) is 0.219. The number of aliphatic hydroxyl groups excluding tert-OH is 1. The lowest BCUT2D eigenvalue weighted by atomic mass is 9.88. The van der Waals surface area contributed by atoms with E-state index in [1.807, 2.05) is 0 Å². The molecule has 0 aliphatic carbocycles. The molecule has 2 atom stereocenters. The van der Waals surface area contributed by atoms with Gasteiger partial charge in [-0.2, -0.15) is 4.39 Å². The maximum atomic E-state index is 13.8. The number of halogens is 2. The van der Waals surface area contributed by atoms with Gasteiger partial charge in [-0.25, -0.2) is 9.18 Å². The van der Waals surface area contributed by atoms with Crippen LogP contribution in [-0.2, 0) is 9.59 Å². The van der Waals surface area contributed by atoms with Crippen molar-refractivity contribution in [3.63, 3.8) is 0 Å². The Balaban J connectivity index is 1.64. The molecule has 0 bridgehead atoms. The third-order valence-corrected chi connectivity index (χ3v) is 5.50. The van der Waals surface area contributed by atoms with Gasteiger partial charge in [0.15, 0.2) is 11.6 Å². The number of carbonyl (C=O) groups excluding carboxylic acids is 3. The molecule has 2 heterocycles. The number of piperazine rings is 1. The largest absolute Gasteiger partial charge is 0.493 e. The van der Waals surface area contributed by atoms with E-state index in [-0.39, 0.29) is 18.1 Å². The monoisotopic (exact) mass is 426 g/mol. The van der Waals surface area contributed by atoms with Gasteiger partial charge in [0.2, 0.25) is 11.7 Å². The number of ether oxygens (including phenoxy) is 1. The van der Waals surface area contributed by atoms with Crippen LogP contribution < -0.4 is 20.3 Å². The number of hydrogen-bond donors (Lipinski definition) is 3. The van der Waals surface area contributed by atoms with Gasteiger partial charge in [0.1, 0.15) is 5.54 Å². The molecule has 2 fully saturated rings. The van der Waals surface area contributed by atoms with Crippen LogP contribution in [0.5, 0.6) is 5.75 Å². The van der Waals surface area contributed by atoms with Gasteiger partial charge in [-0.1, -0.05) is 0 Å². The first-order valence-electron chi connectivity index (χ1n) is 9.49. The number of nitrogens with one attached hydrogen (secondary N) is 2. The van der Waals surface area contributed by atoms with E-state index >= 15 is 0 Å². The Hall–Kier alpha value is -2.95. The van der Waals surface area contributed by atoms with E-state index in [9.17, 15) is 28.3 Å². The molecule has 30 heavy (non-hydrogen) atoms. The molecule has 3 N–H and O–H groups in total. The minimum atomic E-state index is -1.27. The fourth-order valence-corrected chi connectivity index (χ4v) is 3.77. The number of anilines is 1. The molecule has 2 aliphatic heterocycles. The highest BCUT2D eigenvalue weighted by atomic mass is 19.2. The topological polar surface area (TPSA) is 111 Å². The van der Waals surface area contributed by atoms with Crippen LogP contribution in [0.3, 0.4) is 0 Å². The van der Waals surface area contributed by atoms with Crippen molar-refractivity contribution in [1.82, 2.24) is 15.5 Å². The summed E-state index contributed by atoms with van der Waals surface area (Å²) in [5.41, 5.74) is -0.834. The minimum Gasteiger partial charge on any atom is -0.493 e. The van der Waals surface area contributed by atoms with Gasteiger partial charge >= 0.3 is 6.03 Å². The highest BCUT2D eigenvalue weighted by Crippen LogP contribution is 2.28. The number of carbonyl (C=O) groups is 3. The molecular formula is C19H24F2N4O5. The zero-order valence-corrected chi connectivity index (χ0v) is 16.7. The lowest BCUT2D eigenvalue weighted by Gasteiger charge is -2.38. The first-order chi connectivity index (χ1) is 14.2. The van der Waals surface area contributed by atoms with Crippen LogP contribution in [0.2, 0.25) is 0 Å². The van der Waals surface area contributed by atoms with Crippen LogP contribution in [0.15, 0.2) is 12.1 Å². The summed E-state index contributed by atoms with van der Waals surface area (Å²) >= 11 is 0. The number of amides is 4. The van der Waals surface area contributed by atoms with Gasteiger partial charge in [-0.15, -0.1) is 0 Å². The lowest BCUT2D eigenvalue weighted by Crippen LogP contribution is -2.53. The van der Waals surface area contributed by atoms with Gasteiger partial charge in [-0.05, 0) is 13.3 Å². The molecule has 4 amide bonds. The van der Waals surface area contributed by atoms with E-state index in [4.69, 9.17) is 4.74 Å². The van der Waals surface area contributed by atoms with Crippen molar-refractivity contribution in [2.75, 3.05) is 44.8 Å². The number of imide groups is 1. The van der Waals surface area contributed by atoms with Gasteiger partial charge in [0.05, 0.1) is 19.6 Å². The number of benzene rings is 1. The highest BCUT2D eigenvalue weighted by molar-refractivity contribution is 6.07. The SMILES string of the molecule is COc1cc(N2CCN(C(=O)[C@@H](CO)C[C@@]3(C)NC(=O)NC3=O)CC2)cc(F)c1F. The Morgan fingerprint density at radius 3 is 2.47 bits per heavy atom. The summed E-state index contributed by atoms with van der Waals surface area (Å²) in [5, 5.41) is 14.3. The Kier molecular flexibility index (Phi) is 6.11. The molecule has 2 saturated heterocycles. The fourth-order valence-electron chi connectivity index (χ4n) is 3.77. The molecule has 9 nitrogen and oxygen atoms in total. The highest BCUT2D eigenvalue weighted by Gasteiger charge is 2.45. The third kappa shape index (κ3) is 4.16. The number of rotatable bonds is 6. The smallest absolute Gasteiger partial charge is 0.322 e. The van der Waals surface area contributed by atoms with Gasteiger partial charge in [0, 0.05) is 44.0 Å². The number of methoxy groups -OCH3 is 1. The number of aliphatic hydroxyl groups is 1. The molecule has 11 heteroatoms. The van der Waals surface area contributed by atoms with Crippen molar-refractivity contribution in [1.29, 1.82) is 0 Å². The van der Waals surface area contributed by atoms with E-state index in [0.717, 1.165) is 6.07 Å². The zero-order chi connectivity index (χ0) is 22.1. The molecule has 0 radical (unpaired) electrons. The molecule has 3 rings (SSSR count). The Morgan fingerprint density at radius 1 is 1.27 bits per heavy atom. The summed E-state index contributed by atoms with van der Waals surface area (Å²) in [7, 11) is 1.25. The third-order valence-electron chi connectivity index (χ3n) is 5.50. The van der Waals surface area contributed by atoms with Crippen molar-refractivity contribution in [3.05, 3.63) is 23.8 Å². The Morgan fingerprint density at radius 2 is 1.93 bits per heavy atom. The number of nitrogens with zero attached hydrogens (tertiary/aromatic N) is 2. The number of urea groups is 1. The molecule has 1 aromatic rings. The van der Waals surface area contributed by atoms with Crippen molar-refractivity contribution < 1.29 is 33.0 Å². The first-order valence-corrected chi connectivity index (χ1v) is 9.49. The van der Waals surface area contributed by atoms with Gasteiger partial charge < -0.3 is 25.0 Å². The van der Waals surface area contributed by atoms with Crippen molar-refractivity contribution in [3.8, 4) is 5.75 Å². The van der Waals surface area contributed by atoms with Crippen LogP contribution in [0.1, 0.15) is 13.3 Å². The summed E-state index contributed by atoms with van der Waals surface area (Å²) in [6.07, 6.45) is -0.0412. The molecule has 2 aliphatic rings. The van der Waals surface area contributed by atoms with Gasteiger partial charge in [-0.3, -0.25) is 14.9 Å². The molecule has 0 saturated carbocycles. The first kappa shape index (κ1) is 21.8. The van der Waals surface area contributed by atoms with Crippen molar-refractivity contribution in [2.24, 2.45) is 5.92 Å². The fraction of sp³-hybridized carbons (Fsp3) is 0.526. The Labute approximate surface area is 172 Å². The molecule has 0 spiro atoms. The summed E-state index contributed by atoms with van der Waals surface area (Å²) in [6, 6.07) is 1.84. The standard InChI is InChI=1S/C19H24F2N4O5/c1-19(17(28)22-18(29)23-19)9-11(10-26)16(27)25-5-3-24(4-6-25)12-7-13(20)15(21)14(8-12)30-2/h7-8,11,26H,3-6,9-10H2,1-2H3,(H2,22,23,28,29)/t11-,19-/m1/s1. The average molecular weight is 426 g/mol. The van der Waals surface area contributed by atoms with Crippen LogP contribution in [-0.4, -0.2) is 73.3 Å². The second kappa shape index (κ2) is 8.42. The maximum absolute atomic E-state index is 13.8. The second-order valence-electron chi connectivity index (χ2n) is 7.58. The molecular weight excluding hydrogens is 402 g/mol. The quantitative estimate of drug-likeness (QED) is 0.562. The van der Waals surface area contributed by atoms with Crippen LogP contribution >= 0.6 is 0 Å². The molecule has 0 aromatic heterocycles. The Bertz CT molecular complexity index is 860. The molecule has 164 valence electrons. The van der Waals surface area contributed by atoms with E-state index in [1.165, 1.54) is 20.1 Å². The van der Waals surface area contributed by atoms with Crippen LogP contribution in [0.4, 0.5) is 19.3 Å². The zero-order valence-electron chi connectivity index (χ0n) is 16.7. The average Bonchev–Trinajstić information content (AvgIpc) is 2.99. The second-order valence-corrected chi connectivity index (χ2v) is 7.58. The van der Waals surface area contributed by atoms with Crippen LogP contribution in [0, 0.1) is 17.6 Å². The predicted molar refractivity (Wildman–Crippen MR) is 102 cm³/mol. The summed E-state index contributed by atoms with van der Waals surface area (Å²) in [4.78, 5) is 39.6. The van der Waals surface area contributed by atoms with E-state index in [1.54, 1.807) is 9.80 Å².